The zero-order valence-corrected chi connectivity index (χ0v) is 32.0. The maximum Gasteiger partial charge on any atom is 0.164 e. The van der Waals surface area contributed by atoms with E-state index in [4.69, 9.17) is 106 Å². The zero-order valence-electron chi connectivity index (χ0n) is 32.0. The first-order valence-corrected chi connectivity index (χ1v) is 18.6. The van der Waals surface area contributed by atoms with E-state index in [1.54, 1.807) is 0 Å². The second kappa shape index (κ2) is 15.3. The highest BCUT2D eigenvalue weighted by Gasteiger charge is 2.26. The van der Waals surface area contributed by atoms with Crippen LogP contribution in [0.4, 0.5) is 0 Å². The third-order valence-corrected chi connectivity index (χ3v) is 10.9. The fraction of sp³-hybridized carbons (Fsp3) is 0. The van der Waals surface area contributed by atoms with E-state index in [0.717, 1.165) is 33.4 Å². The van der Waals surface area contributed by atoms with E-state index in [0.29, 0.717) is 11.6 Å². The van der Waals surface area contributed by atoms with E-state index in [2.05, 4.69) is 0 Å². The maximum atomic E-state index is 7.12. The van der Waals surface area contributed by atoms with Crippen LogP contribution in [0.1, 0.15) is 0 Å². The quantitative estimate of drug-likeness (QED) is 0.196. The van der Waals surface area contributed by atoms with Gasteiger partial charge in [0.15, 0.2) is 17.5 Å². The Balaban J connectivity index is 1.29. The fourth-order valence-electron chi connectivity index (χ4n) is 7.64. The van der Waals surface area contributed by atoms with Crippen LogP contribution in [0.5, 0.6) is 0 Å². The van der Waals surface area contributed by atoms with Crippen LogP contribution in [-0.2, 0) is 0 Å². The summed E-state index contributed by atoms with van der Waals surface area (Å²) < 4.78 is 6.27. The molecule has 15 heteroatoms. The molecule has 0 aliphatic rings. The molecule has 0 bridgehead atoms. The van der Waals surface area contributed by atoms with Gasteiger partial charge in [-0.1, -0.05) is 153 Å². The molecular weight excluding hydrogens is 717 g/mol. The summed E-state index contributed by atoms with van der Waals surface area (Å²) in [6.45, 7) is 0. The van der Waals surface area contributed by atoms with Crippen molar-refractivity contribution in [2.75, 3.05) is 0 Å². The van der Waals surface area contributed by atoms with Gasteiger partial charge >= 0.3 is 0 Å². The number of hydrogen-bond acceptors (Lipinski definition) is 4. The largest absolute Gasteiger partial charge is 0.457 e. The first-order chi connectivity index (χ1) is 28.8. The molecular formula is C45H18B11N3O. The van der Waals surface area contributed by atoms with Gasteiger partial charge in [-0.2, -0.15) is 0 Å². The number of benzene rings is 7. The molecule has 0 N–H and O–H groups in total. The van der Waals surface area contributed by atoms with Crippen LogP contribution in [0.2, 0.25) is 0 Å². The van der Waals surface area contributed by atoms with Gasteiger partial charge in [0.05, 0.1) is 0 Å². The van der Waals surface area contributed by atoms with E-state index in [-0.39, 0.29) is 105 Å². The van der Waals surface area contributed by atoms with E-state index < -0.39 is 0 Å². The summed E-state index contributed by atoms with van der Waals surface area (Å²) in [6, 6.07) is 35.9. The second-order valence-corrected chi connectivity index (χ2v) is 14.4. The zero-order chi connectivity index (χ0) is 42.1. The van der Waals surface area contributed by atoms with Gasteiger partial charge in [0.25, 0.3) is 0 Å². The number of nitrogens with zero attached hydrogens (tertiary/aromatic N) is 3. The molecule has 0 atom stereocenters. The van der Waals surface area contributed by atoms with Crippen molar-refractivity contribution < 1.29 is 4.42 Å². The summed E-state index contributed by atoms with van der Waals surface area (Å²) in [7, 11) is 72.5. The summed E-state index contributed by atoms with van der Waals surface area (Å²) in [5.41, 5.74) is 6.55. The molecule has 252 valence electrons. The standard InChI is InChI=1S/C45H18B11N3O/c46-30-25(26-32(48)36(52)38(54)37(53)33(26)49)34(50)39(55)41-27(30)28-31(47)29(35(51)40(56)42(28)60-41)45-58-43(23-15-11-21(12-16-23)19-7-3-1-4-8-19)57-44(59-45)24-17-13-22(14-18-24)20-9-5-2-6-10-20/h1-18H. The smallest absolute Gasteiger partial charge is 0.164 e. The normalized spacial score (nSPS) is 11.4. The van der Waals surface area contributed by atoms with Gasteiger partial charge in [-0.3, -0.25) is 0 Å². The molecule has 22 radical (unpaired) electrons. The van der Waals surface area contributed by atoms with Crippen LogP contribution >= 0.6 is 0 Å². The summed E-state index contributed by atoms with van der Waals surface area (Å²) in [4.78, 5) is 14.9. The molecule has 0 aliphatic heterocycles. The minimum Gasteiger partial charge on any atom is -0.457 e. The highest BCUT2D eigenvalue weighted by molar-refractivity contribution is 6.71. The van der Waals surface area contributed by atoms with Gasteiger partial charge in [-0.15, -0.1) is 16.4 Å². The molecule has 7 aromatic carbocycles. The summed E-state index contributed by atoms with van der Waals surface area (Å²) in [6.07, 6.45) is 0. The lowest BCUT2D eigenvalue weighted by Crippen LogP contribution is -2.56. The first kappa shape index (κ1) is 39.5. The van der Waals surface area contributed by atoms with Crippen LogP contribution in [0, 0.1) is 0 Å². The lowest BCUT2D eigenvalue weighted by atomic mass is 9.57. The Morgan fingerprint density at radius 3 is 1.00 bits per heavy atom. The third-order valence-electron chi connectivity index (χ3n) is 10.9. The first-order valence-electron chi connectivity index (χ1n) is 18.6. The minimum absolute atomic E-state index is 0.000257. The van der Waals surface area contributed by atoms with Crippen LogP contribution in [0.3, 0.4) is 0 Å². The lowest BCUT2D eigenvalue weighted by Gasteiger charge is -2.25. The third kappa shape index (κ3) is 6.36. The number of hydrogen-bond donors (Lipinski definition) is 0. The van der Waals surface area contributed by atoms with Gasteiger partial charge in [-0.05, 0) is 33.4 Å². The highest BCUT2D eigenvalue weighted by atomic mass is 16.3. The highest BCUT2D eigenvalue weighted by Crippen LogP contribution is 2.31. The van der Waals surface area contributed by atoms with Gasteiger partial charge in [0.2, 0.25) is 0 Å². The van der Waals surface area contributed by atoms with E-state index in [9.17, 15) is 0 Å². The molecule has 0 unspecified atom stereocenters. The molecule has 0 aliphatic carbocycles. The van der Waals surface area contributed by atoms with Gasteiger partial charge in [-0.25, -0.2) is 15.0 Å². The topological polar surface area (TPSA) is 51.8 Å². The Kier molecular flexibility index (Phi) is 10.1. The molecule has 4 nitrogen and oxygen atoms in total. The molecule has 60 heavy (non-hydrogen) atoms. The second-order valence-electron chi connectivity index (χ2n) is 14.4. The number of rotatable bonds is 6. The van der Waals surface area contributed by atoms with Crippen LogP contribution in [0.15, 0.2) is 114 Å². The van der Waals surface area contributed by atoms with Gasteiger partial charge in [0, 0.05) is 27.5 Å². The van der Waals surface area contributed by atoms with Crippen molar-refractivity contribution in [3.05, 3.63) is 109 Å². The number of fused-ring (bicyclic) bond motifs is 3. The number of furan rings is 1. The molecule has 0 saturated heterocycles. The summed E-state index contributed by atoms with van der Waals surface area (Å²) in [5, 5.41) is 0.529. The summed E-state index contributed by atoms with van der Waals surface area (Å²) >= 11 is 0. The Morgan fingerprint density at radius 2 is 0.567 bits per heavy atom. The van der Waals surface area contributed by atoms with Crippen molar-refractivity contribution in [3.8, 4) is 67.5 Å². The predicted molar refractivity (Wildman–Crippen MR) is 259 cm³/mol. The van der Waals surface area contributed by atoms with Crippen LogP contribution in [-0.4, -0.2) is 101 Å². The average Bonchev–Trinajstić information content (AvgIpc) is 3.70. The van der Waals surface area contributed by atoms with Crippen LogP contribution in [0.25, 0.3) is 89.5 Å². The molecule has 0 amide bonds. The predicted octanol–water partition coefficient (Wildman–Crippen LogP) is -1.50. The van der Waals surface area contributed by atoms with Crippen LogP contribution < -0.4 is 60.1 Å². The van der Waals surface area contributed by atoms with Crippen molar-refractivity contribution in [2.45, 2.75) is 0 Å². The Hall–Kier alpha value is -5.94. The van der Waals surface area contributed by atoms with E-state index in [1.165, 1.54) is 0 Å². The molecule has 2 heterocycles. The maximum absolute atomic E-state index is 7.12. The van der Waals surface area contributed by atoms with Crippen molar-refractivity contribution in [1.29, 1.82) is 0 Å². The molecule has 0 saturated carbocycles. The monoisotopic (exact) mass is 737 g/mol. The molecule has 9 rings (SSSR count). The minimum atomic E-state index is -0.00492. The van der Waals surface area contributed by atoms with Crippen molar-refractivity contribution >= 4 is 168 Å². The van der Waals surface area contributed by atoms with E-state index >= 15 is 0 Å². The SMILES string of the molecule is [B]c1c([B])c([B])c(-c2c([B])c([B])c3oc4c([B])c([B])c(-c5nc(-c6ccc(-c7ccccc7)cc6)nc(-c6ccc(-c7ccccc7)cc6)n5)c([B])c4c3c2[B])c([B])c1[B]. The van der Waals surface area contributed by atoms with Crippen molar-refractivity contribution in [1.82, 2.24) is 15.0 Å². The molecule has 0 fully saturated rings. The lowest BCUT2D eigenvalue weighted by molar-refractivity contribution is 0.675. The number of aromatic nitrogens is 3. The molecule has 9 aromatic rings. The van der Waals surface area contributed by atoms with Crippen molar-refractivity contribution in [2.24, 2.45) is 0 Å². The van der Waals surface area contributed by atoms with Gasteiger partial charge < -0.3 is 4.42 Å². The Bertz CT molecular complexity index is 3060. The van der Waals surface area contributed by atoms with E-state index in [1.807, 2.05) is 109 Å². The Labute approximate surface area is 362 Å². The van der Waals surface area contributed by atoms with Crippen molar-refractivity contribution in [3.63, 3.8) is 0 Å². The molecule has 0 spiro atoms. The summed E-state index contributed by atoms with van der Waals surface area (Å²) in [5.74, 6) is 0.862. The Morgan fingerprint density at radius 1 is 0.267 bits per heavy atom. The van der Waals surface area contributed by atoms with Gasteiger partial charge in [0.1, 0.15) is 97.5 Å². The molecule has 2 aromatic heterocycles. The fourth-order valence-corrected chi connectivity index (χ4v) is 7.64. The average molecular weight is 736 g/mol.